The molecule has 0 aromatic heterocycles. The molecule has 0 aliphatic carbocycles. The first-order valence-electron chi connectivity index (χ1n) is 7.56. The molecule has 6 nitrogen and oxygen atoms in total. The Morgan fingerprint density at radius 1 is 1.36 bits per heavy atom. The van der Waals surface area contributed by atoms with Crippen LogP contribution >= 0.6 is 7.14 Å². The number of benzene rings is 1. The summed E-state index contributed by atoms with van der Waals surface area (Å²) in [6.07, 6.45) is 4.69. The number of nitriles is 1. The number of carbonyl (C=O) groups excluding carboxylic acids is 1. The topological polar surface area (TPSA) is 79.6 Å². The molecule has 0 unspecified atom stereocenters. The van der Waals surface area contributed by atoms with Gasteiger partial charge in [0.25, 0.3) is 0 Å². The van der Waals surface area contributed by atoms with Gasteiger partial charge in [-0.05, 0) is 46.2 Å². The number of nitrogens with zero attached hydrogens (tertiary/aromatic N) is 2. The van der Waals surface area contributed by atoms with Crippen LogP contribution in [0.4, 0.5) is 10.5 Å². The van der Waals surface area contributed by atoms with Gasteiger partial charge in [-0.1, -0.05) is 5.92 Å². The van der Waals surface area contributed by atoms with Crippen LogP contribution in [-0.2, 0) is 9.30 Å². The van der Waals surface area contributed by atoms with Crippen LogP contribution in [-0.4, -0.2) is 38.7 Å². The lowest BCUT2D eigenvalue weighted by Crippen LogP contribution is -2.38. The Hall–Kier alpha value is -2.43. The fourth-order valence-corrected chi connectivity index (χ4v) is 2.93. The number of hydrogen-bond acceptors (Lipinski definition) is 5. The zero-order chi connectivity index (χ0) is 19.4. The Balaban J connectivity index is 3.60. The molecule has 0 saturated heterocycles. The van der Waals surface area contributed by atoms with E-state index < -0.39 is 18.8 Å². The highest BCUT2D eigenvalue weighted by Crippen LogP contribution is 2.40. The molecule has 0 N–H and O–H groups in total. The molecule has 0 spiro atoms. The Kier molecular flexibility index (Phi) is 6.30. The predicted molar refractivity (Wildman–Crippen MR) is 99.2 cm³/mol. The maximum atomic E-state index is 12.6. The fourth-order valence-electron chi connectivity index (χ4n) is 2.07. The van der Waals surface area contributed by atoms with Crippen molar-refractivity contribution in [3.8, 4) is 24.2 Å². The molecule has 1 aromatic carbocycles. The smallest absolute Gasteiger partial charge is 0.415 e. The lowest BCUT2D eigenvalue weighted by Gasteiger charge is -2.28. The third-order valence-corrected chi connectivity index (χ3v) is 4.66. The summed E-state index contributed by atoms with van der Waals surface area (Å²) >= 11 is 0. The van der Waals surface area contributed by atoms with Crippen molar-refractivity contribution < 1.29 is 18.8 Å². The van der Waals surface area contributed by atoms with Crippen molar-refractivity contribution in [2.75, 3.05) is 31.9 Å². The van der Waals surface area contributed by atoms with Crippen molar-refractivity contribution in [2.45, 2.75) is 26.4 Å². The molecule has 1 amide bonds. The van der Waals surface area contributed by atoms with Gasteiger partial charge in [-0.2, -0.15) is 5.26 Å². The quantitative estimate of drug-likeness (QED) is 0.607. The standard InChI is InChI=1S/C18H23N2O4P/c1-8-9-20(17(21)24-18(2,3)4)16-13(12-19)10-14(25(6,7)22)11-15(16)23-5/h1,10-11H,9H2,2-7H3. The van der Waals surface area contributed by atoms with E-state index in [1.165, 1.54) is 18.1 Å². The van der Waals surface area contributed by atoms with E-state index in [0.29, 0.717) is 5.30 Å². The van der Waals surface area contributed by atoms with Crippen molar-refractivity contribution in [3.63, 3.8) is 0 Å². The summed E-state index contributed by atoms with van der Waals surface area (Å²) in [4.78, 5) is 13.7. The van der Waals surface area contributed by atoms with E-state index in [0.717, 1.165) is 0 Å². The zero-order valence-electron chi connectivity index (χ0n) is 15.4. The molecule has 0 fully saturated rings. The minimum atomic E-state index is -2.63. The van der Waals surface area contributed by atoms with Gasteiger partial charge in [-0.3, -0.25) is 4.90 Å². The van der Waals surface area contributed by atoms with Crippen LogP contribution in [0.15, 0.2) is 12.1 Å². The molecule has 1 aromatic rings. The first-order valence-corrected chi connectivity index (χ1v) is 10.2. The van der Waals surface area contributed by atoms with Gasteiger partial charge in [0.1, 0.15) is 30.2 Å². The number of amides is 1. The van der Waals surface area contributed by atoms with Crippen LogP contribution in [0.25, 0.3) is 0 Å². The maximum absolute atomic E-state index is 12.6. The van der Waals surface area contributed by atoms with E-state index in [1.807, 2.05) is 6.07 Å². The van der Waals surface area contributed by atoms with Crippen LogP contribution < -0.4 is 14.9 Å². The Bertz CT molecular complexity index is 791. The summed E-state index contributed by atoms with van der Waals surface area (Å²) < 4.78 is 23.1. The SMILES string of the molecule is C#CCN(C(=O)OC(C)(C)C)c1c(C#N)cc(P(C)(C)=O)cc1OC. The Labute approximate surface area is 149 Å². The molecule has 1 rings (SSSR count). The molecule has 0 heterocycles. The molecule has 0 atom stereocenters. The first-order chi connectivity index (χ1) is 11.4. The highest BCUT2D eigenvalue weighted by Gasteiger charge is 2.29. The second-order valence-electron chi connectivity index (χ2n) is 6.78. The number of hydrogen-bond donors (Lipinski definition) is 0. The molecule has 0 bridgehead atoms. The largest absolute Gasteiger partial charge is 0.494 e. The number of terminal acetylenes is 1. The number of ether oxygens (including phenoxy) is 2. The van der Waals surface area contributed by atoms with Crippen LogP contribution in [0.1, 0.15) is 26.3 Å². The van der Waals surface area contributed by atoms with E-state index in [2.05, 4.69) is 5.92 Å². The van der Waals surface area contributed by atoms with Crippen molar-refractivity contribution in [2.24, 2.45) is 0 Å². The second-order valence-corrected chi connectivity index (χ2v) is 10.00. The van der Waals surface area contributed by atoms with Gasteiger partial charge in [-0.15, -0.1) is 6.42 Å². The predicted octanol–water partition coefficient (Wildman–Crippen LogP) is 3.19. The molecule has 7 heteroatoms. The van der Waals surface area contributed by atoms with Crippen molar-refractivity contribution in [1.29, 1.82) is 5.26 Å². The van der Waals surface area contributed by atoms with Crippen molar-refractivity contribution >= 4 is 24.2 Å². The third kappa shape index (κ3) is 5.28. The molecule has 134 valence electrons. The van der Waals surface area contributed by atoms with Gasteiger partial charge in [0.05, 0.1) is 19.2 Å². The molecule has 0 aliphatic heterocycles. The van der Waals surface area contributed by atoms with E-state index in [1.54, 1.807) is 40.2 Å². The average Bonchev–Trinajstić information content (AvgIpc) is 2.48. The summed E-state index contributed by atoms with van der Waals surface area (Å²) in [6.45, 7) is 8.28. The third-order valence-electron chi connectivity index (χ3n) is 3.16. The number of methoxy groups -OCH3 is 1. The molecule has 0 aliphatic rings. The fraction of sp³-hybridized carbons (Fsp3) is 0.444. The maximum Gasteiger partial charge on any atom is 0.415 e. The Morgan fingerprint density at radius 3 is 2.36 bits per heavy atom. The summed E-state index contributed by atoms with van der Waals surface area (Å²) in [6, 6.07) is 5.07. The molecular formula is C18H23N2O4P. The van der Waals surface area contributed by atoms with Gasteiger partial charge in [0, 0.05) is 5.30 Å². The lowest BCUT2D eigenvalue weighted by atomic mass is 10.1. The summed E-state index contributed by atoms with van der Waals surface area (Å²) in [5.41, 5.74) is -0.388. The summed E-state index contributed by atoms with van der Waals surface area (Å²) in [5.74, 6) is 2.62. The monoisotopic (exact) mass is 362 g/mol. The Morgan fingerprint density at radius 2 is 1.96 bits per heavy atom. The molecule has 0 radical (unpaired) electrons. The van der Waals surface area contributed by atoms with E-state index >= 15 is 0 Å². The molecular weight excluding hydrogens is 339 g/mol. The highest BCUT2D eigenvalue weighted by molar-refractivity contribution is 7.70. The second kappa shape index (κ2) is 7.64. The molecule has 0 saturated carbocycles. The lowest BCUT2D eigenvalue weighted by molar-refractivity contribution is 0.0584. The van der Waals surface area contributed by atoms with Gasteiger partial charge in [0.15, 0.2) is 0 Å². The summed E-state index contributed by atoms with van der Waals surface area (Å²) in [7, 11) is -1.22. The first kappa shape index (κ1) is 20.6. The minimum Gasteiger partial charge on any atom is -0.494 e. The molecule has 25 heavy (non-hydrogen) atoms. The van der Waals surface area contributed by atoms with Gasteiger partial charge in [0.2, 0.25) is 0 Å². The number of anilines is 1. The van der Waals surface area contributed by atoms with Gasteiger partial charge < -0.3 is 14.0 Å². The normalized spacial score (nSPS) is 11.2. The number of carbonyl (C=O) groups is 1. The van der Waals surface area contributed by atoms with Gasteiger partial charge >= 0.3 is 6.09 Å². The van der Waals surface area contributed by atoms with E-state index in [4.69, 9.17) is 15.9 Å². The number of rotatable bonds is 4. The van der Waals surface area contributed by atoms with E-state index in [-0.39, 0.29) is 23.5 Å². The van der Waals surface area contributed by atoms with Crippen molar-refractivity contribution in [1.82, 2.24) is 0 Å². The van der Waals surface area contributed by atoms with Crippen LogP contribution in [0, 0.1) is 23.7 Å². The average molecular weight is 362 g/mol. The highest BCUT2D eigenvalue weighted by atomic mass is 31.2. The zero-order valence-corrected chi connectivity index (χ0v) is 16.3. The van der Waals surface area contributed by atoms with Crippen LogP contribution in [0.3, 0.4) is 0 Å². The van der Waals surface area contributed by atoms with E-state index in [9.17, 15) is 14.6 Å². The summed E-state index contributed by atoms with van der Waals surface area (Å²) in [5, 5.41) is 10.0. The van der Waals surface area contributed by atoms with Crippen molar-refractivity contribution in [3.05, 3.63) is 17.7 Å². The van der Waals surface area contributed by atoms with Crippen LogP contribution in [0.5, 0.6) is 5.75 Å². The minimum absolute atomic E-state index is 0.102. The van der Waals surface area contributed by atoms with Gasteiger partial charge in [-0.25, -0.2) is 4.79 Å². The van der Waals surface area contributed by atoms with Crippen LogP contribution in [0.2, 0.25) is 0 Å².